The van der Waals surface area contributed by atoms with Crippen LogP contribution in [0, 0.1) is 5.92 Å². The fourth-order valence-electron chi connectivity index (χ4n) is 2.12. The first-order chi connectivity index (χ1) is 13.3. The Bertz CT molecular complexity index is 563. The first kappa shape index (κ1) is 28.7. The van der Waals surface area contributed by atoms with E-state index < -0.39 is 0 Å². The van der Waals surface area contributed by atoms with Gasteiger partial charge in [0, 0.05) is 4.88 Å². The molecule has 0 spiro atoms. The minimum absolute atomic E-state index is 0.598. The highest BCUT2D eigenvalue weighted by atomic mass is 32.1. The van der Waals surface area contributed by atoms with Crippen LogP contribution in [0.4, 0.5) is 0 Å². The van der Waals surface area contributed by atoms with Gasteiger partial charge in [0.1, 0.15) is 5.75 Å². The molecule has 0 N–H and O–H groups in total. The molecule has 0 amide bonds. The van der Waals surface area contributed by atoms with Gasteiger partial charge in [0.05, 0.1) is 6.61 Å². The molecular formula is C26H44OS. The summed E-state index contributed by atoms with van der Waals surface area (Å²) < 4.78 is 5.34. The molecule has 2 rings (SSSR count). The van der Waals surface area contributed by atoms with Crippen LogP contribution < -0.4 is 4.74 Å². The van der Waals surface area contributed by atoms with Gasteiger partial charge in [-0.15, -0.1) is 11.3 Å². The molecule has 0 aliphatic rings. The number of hydrogen-bond donors (Lipinski definition) is 0. The number of ether oxygens (including phenoxy) is 1. The predicted molar refractivity (Wildman–Crippen MR) is 131 cm³/mol. The summed E-state index contributed by atoms with van der Waals surface area (Å²) in [6.07, 6.45) is 4.24. The number of rotatable bonds is 5. The van der Waals surface area contributed by atoms with E-state index in [1.807, 2.05) is 51.2 Å². The summed E-state index contributed by atoms with van der Waals surface area (Å²) in [6, 6.07) is 12.6. The van der Waals surface area contributed by atoms with Crippen LogP contribution in [0.15, 0.2) is 53.9 Å². The number of benzene rings is 1. The lowest BCUT2D eigenvalue weighted by atomic mass is 10.0. The molecule has 0 aliphatic carbocycles. The second kappa shape index (κ2) is 18.8. The Morgan fingerprint density at radius 2 is 1.46 bits per heavy atom. The van der Waals surface area contributed by atoms with E-state index in [1.54, 1.807) is 0 Å². The number of hydrogen-bond acceptors (Lipinski definition) is 2. The molecule has 160 valence electrons. The third kappa shape index (κ3) is 15.5. The largest absolute Gasteiger partial charge is 0.494 e. The molecule has 1 heterocycles. The summed E-state index contributed by atoms with van der Waals surface area (Å²) >= 11 is 1.83. The van der Waals surface area contributed by atoms with Crippen molar-refractivity contribution >= 4 is 11.3 Å². The van der Waals surface area contributed by atoms with Crippen molar-refractivity contribution in [1.82, 2.24) is 0 Å². The Kier molecular flexibility index (Phi) is 19.3. The van der Waals surface area contributed by atoms with Crippen LogP contribution in [0.5, 0.6) is 5.75 Å². The van der Waals surface area contributed by atoms with Crippen LogP contribution in [0.3, 0.4) is 0 Å². The van der Waals surface area contributed by atoms with Crippen molar-refractivity contribution in [3.63, 3.8) is 0 Å². The normalized spacial score (nSPS) is 10.0. The van der Waals surface area contributed by atoms with Crippen molar-refractivity contribution in [2.24, 2.45) is 5.92 Å². The van der Waals surface area contributed by atoms with Crippen molar-refractivity contribution in [3.8, 4) is 5.75 Å². The quantitative estimate of drug-likeness (QED) is 0.451. The fourth-order valence-corrected chi connectivity index (χ4v) is 2.86. The molecule has 28 heavy (non-hydrogen) atoms. The Labute approximate surface area is 179 Å². The standard InChI is InChI=1S/C11H16O.C7H10S.C6H12.C2H6/c1-4-12-11-7-5-10(6-8-11)9(2)3;1-6(2)7-4-3-5-8-7;1-4-5-6(2)3;1-2/h5-9H,4H2,1-3H3;3-6H,1-2H3;4-6H,1-3H3;1-2H3/b;;5-4-;. The van der Waals surface area contributed by atoms with Crippen LogP contribution in [-0.2, 0) is 0 Å². The van der Waals surface area contributed by atoms with Gasteiger partial charge in [-0.05, 0) is 60.7 Å². The maximum Gasteiger partial charge on any atom is 0.119 e. The minimum Gasteiger partial charge on any atom is -0.494 e. The van der Waals surface area contributed by atoms with Crippen LogP contribution in [0.2, 0.25) is 0 Å². The summed E-state index contributed by atoms with van der Waals surface area (Å²) in [4.78, 5) is 1.48. The van der Waals surface area contributed by atoms with E-state index in [4.69, 9.17) is 4.74 Å². The average Bonchev–Trinajstić information content (AvgIpc) is 3.20. The van der Waals surface area contributed by atoms with Gasteiger partial charge in [0.15, 0.2) is 0 Å². The molecule has 0 unspecified atom stereocenters. The molecule has 0 aliphatic heterocycles. The molecule has 1 aromatic heterocycles. The Morgan fingerprint density at radius 1 is 0.893 bits per heavy atom. The topological polar surface area (TPSA) is 9.23 Å². The van der Waals surface area contributed by atoms with Crippen molar-refractivity contribution in [2.75, 3.05) is 6.61 Å². The lowest BCUT2D eigenvalue weighted by Gasteiger charge is -2.06. The van der Waals surface area contributed by atoms with E-state index in [9.17, 15) is 0 Å². The van der Waals surface area contributed by atoms with Crippen molar-refractivity contribution in [1.29, 1.82) is 0 Å². The zero-order valence-electron chi connectivity index (χ0n) is 20.0. The Hall–Kier alpha value is -1.54. The van der Waals surface area contributed by atoms with Crippen molar-refractivity contribution in [2.45, 2.75) is 81.1 Å². The zero-order chi connectivity index (χ0) is 21.9. The zero-order valence-corrected chi connectivity index (χ0v) is 20.8. The molecule has 0 saturated heterocycles. The monoisotopic (exact) mass is 404 g/mol. The van der Waals surface area contributed by atoms with E-state index in [1.165, 1.54) is 10.4 Å². The van der Waals surface area contributed by atoms with Crippen molar-refractivity contribution in [3.05, 3.63) is 64.4 Å². The molecule has 1 nitrogen and oxygen atoms in total. The predicted octanol–water partition coefficient (Wildman–Crippen LogP) is 9.32. The summed E-state index contributed by atoms with van der Waals surface area (Å²) in [5, 5.41) is 2.12. The molecule has 0 atom stereocenters. The maximum atomic E-state index is 5.34. The first-order valence-electron chi connectivity index (χ1n) is 10.7. The first-order valence-corrected chi connectivity index (χ1v) is 11.6. The molecule has 2 heteroatoms. The van der Waals surface area contributed by atoms with Gasteiger partial charge >= 0.3 is 0 Å². The van der Waals surface area contributed by atoms with Gasteiger partial charge in [-0.25, -0.2) is 0 Å². The van der Waals surface area contributed by atoms with Crippen molar-refractivity contribution < 1.29 is 4.74 Å². The van der Waals surface area contributed by atoms with E-state index in [-0.39, 0.29) is 0 Å². The van der Waals surface area contributed by atoms with Crippen LogP contribution >= 0.6 is 11.3 Å². The highest BCUT2D eigenvalue weighted by molar-refractivity contribution is 7.10. The summed E-state index contributed by atoms with van der Waals surface area (Å²) in [5.74, 6) is 2.98. The van der Waals surface area contributed by atoms with Gasteiger partial charge < -0.3 is 4.74 Å². The second-order valence-electron chi connectivity index (χ2n) is 7.10. The van der Waals surface area contributed by atoms with Gasteiger partial charge in [-0.2, -0.15) is 0 Å². The maximum absolute atomic E-state index is 5.34. The van der Waals surface area contributed by atoms with E-state index in [0.29, 0.717) is 11.8 Å². The summed E-state index contributed by atoms with van der Waals surface area (Å²) in [7, 11) is 0. The minimum atomic E-state index is 0.598. The van der Waals surface area contributed by atoms with Crippen LogP contribution in [0.25, 0.3) is 0 Å². The van der Waals surface area contributed by atoms with E-state index in [2.05, 4.69) is 83.3 Å². The van der Waals surface area contributed by atoms with Gasteiger partial charge in [-0.3, -0.25) is 0 Å². The third-order valence-electron chi connectivity index (χ3n) is 3.55. The van der Waals surface area contributed by atoms with Gasteiger partial charge in [0.25, 0.3) is 0 Å². The highest BCUT2D eigenvalue weighted by Gasteiger charge is 1.98. The average molecular weight is 405 g/mol. The van der Waals surface area contributed by atoms with Gasteiger partial charge in [0.2, 0.25) is 0 Å². The van der Waals surface area contributed by atoms with Gasteiger partial charge in [-0.1, -0.05) is 85.7 Å². The second-order valence-corrected chi connectivity index (χ2v) is 8.08. The molecule has 0 radical (unpaired) electrons. The summed E-state index contributed by atoms with van der Waals surface area (Å²) in [6.45, 7) is 21.9. The summed E-state index contributed by atoms with van der Waals surface area (Å²) in [5.41, 5.74) is 1.36. The highest BCUT2D eigenvalue weighted by Crippen LogP contribution is 2.19. The molecule has 2 aromatic rings. The number of allylic oxidation sites excluding steroid dienone is 2. The van der Waals surface area contributed by atoms with Crippen LogP contribution in [0.1, 0.15) is 91.5 Å². The third-order valence-corrected chi connectivity index (χ3v) is 4.72. The Balaban J connectivity index is 0. The molecule has 0 bridgehead atoms. The smallest absolute Gasteiger partial charge is 0.119 e. The van der Waals surface area contributed by atoms with E-state index in [0.717, 1.165) is 18.3 Å². The lowest BCUT2D eigenvalue weighted by Crippen LogP contribution is -1.92. The lowest BCUT2D eigenvalue weighted by molar-refractivity contribution is 0.340. The van der Waals surface area contributed by atoms with E-state index >= 15 is 0 Å². The number of thiophene rings is 1. The molecular weight excluding hydrogens is 360 g/mol. The molecule has 1 aromatic carbocycles. The molecule has 0 saturated carbocycles. The SMILES string of the molecule is C/C=C\C(C)C.CC.CC(C)c1cccs1.CCOc1ccc(C(C)C)cc1. The van der Waals surface area contributed by atoms with Crippen LogP contribution in [-0.4, -0.2) is 6.61 Å². The Morgan fingerprint density at radius 3 is 1.71 bits per heavy atom. The molecule has 0 fully saturated rings. The fraction of sp³-hybridized carbons (Fsp3) is 0.538.